The minimum Gasteiger partial charge on any atom is -0.390 e. The molecule has 1 saturated heterocycles. The van der Waals surface area contributed by atoms with Crippen molar-refractivity contribution in [3.8, 4) is 0 Å². The monoisotopic (exact) mass is 228 g/mol. The Morgan fingerprint density at radius 2 is 2.12 bits per heavy atom. The molecule has 2 N–H and O–H groups in total. The van der Waals surface area contributed by atoms with E-state index >= 15 is 0 Å². The second-order valence-electron chi connectivity index (χ2n) is 5.98. The quantitative estimate of drug-likeness (QED) is 0.750. The van der Waals surface area contributed by atoms with E-state index in [4.69, 9.17) is 0 Å². The molecule has 0 aliphatic carbocycles. The van der Waals surface area contributed by atoms with E-state index in [1.807, 2.05) is 0 Å². The highest BCUT2D eigenvalue weighted by Crippen LogP contribution is 2.19. The zero-order chi connectivity index (χ0) is 12.2. The van der Waals surface area contributed by atoms with Gasteiger partial charge in [-0.25, -0.2) is 0 Å². The molecule has 0 saturated carbocycles. The Kier molecular flexibility index (Phi) is 5.22. The lowest BCUT2D eigenvalue weighted by atomic mass is 10.1. The summed E-state index contributed by atoms with van der Waals surface area (Å²) in [5, 5.41) is 13.3. The van der Waals surface area contributed by atoms with Crippen LogP contribution in [0.25, 0.3) is 0 Å². The molecule has 0 amide bonds. The topological polar surface area (TPSA) is 35.5 Å². The summed E-state index contributed by atoms with van der Waals surface area (Å²) in [6.07, 6.45) is 3.55. The number of likely N-dealkylation sites (tertiary alicyclic amines) is 1. The van der Waals surface area contributed by atoms with Gasteiger partial charge >= 0.3 is 0 Å². The highest BCUT2D eigenvalue weighted by molar-refractivity contribution is 4.81. The predicted octanol–water partition coefficient (Wildman–Crippen LogP) is 1.61. The minimum atomic E-state index is -0.244. The predicted molar refractivity (Wildman–Crippen MR) is 68.6 cm³/mol. The van der Waals surface area contributed by atoms with E-state index in [9.17, 15) is 5.11 Å². The second-order valence-corrected chi connectivity index (χ2v) is 5.98. The molecule has 0 aromatic heterocycles. The van der Waals surface area contributed by atoms with Gasteiger partial charge in [0, 0.05) is 24.7 Å². The standard InChI is InChI=1S/C13H28N2O/c1-5-11-7-6-8-15(11)10-12(16)9-14-13(2,3)4/h11-12,14,16H,5-10H2,1-4H3. The zero-order valence-corrected chi connectivity index (χ0v) is 11.3. The maximum Gasteiger partial charge on any atom is 0.0791 e. The first kappa shape index (κ1) is 13.9. The van der Waals surface area contributed by atoms with Gasteiger partial charge < -0.3 is 10.4 Å². The van der Waals surface area contributed by atoms with Crippen molar-refractivity contribution in [1.29, 1.82) is 0 Å². The Morgan fingerprint density at radius 3 is 2.69 bits per heavy atom. The van der Waals surface area contributed by atoms with Gasteiger partial charge in [0.15, 0.2) is 0 Å². The molecule has 16 heavy (non-hydrogen) atoms. The van der Waals surface area contributed by atoms with E-state index in [-0.39, 0.29) is 11.6 Å². The summed E-state index contributed by atoms with van der Waals surface area (Å²) in [7, 11) is 0. The summed E-state index contributed by atoms with van der Waals surface area (Å²) in [6, 6.07) is 0.698. The number of aliphatic hydroxyl groups is 1. The number of nitrogens with zero attached hydrogens (tertiary/aromatic N) is 1. The van der Waals surface area contributed by atoms with Crippen LogP contribution in [0, 0.1) is 0 Å². The van der Waals surface area contributed by atoms with E-state index in [2.05, 4.69) is 37.9 Å². The van der Waals surface area contributed by atoms with Gasteiger partial charge in [0.05, 0.1) is 6.10 Å². The molecule has 2 unspecified atom stereocenters. The van der Waals surface area contributed by atoms with Crippen LogP contribution in [-0.4, -0.2) is 47.3 Å². The molecule has 3 nitrogen and oxygen atoms in total. The molecule has 96 valence electrons. The average molecular weight is 228 g/mol. The number of hydrogen-bond acceptors (Lipinski definition) is 3. The Labute approximate surface area is 100 Å². The fourth-order valence-electron chi connectivity index (χ4n) is 2.36. The van der Waals surface area contributed by atoms with Crippen LogP contribution in [0.15, 0.2) is 0 Å². The average Bonchev–Trinajstić information content (AvgIpc) is 2.61. The maximum atomic E-state index is 9.98. The molecular formula is C13H28N2O. The molecule has 1 rings (SSSR count). The number of nitrogens with one attached hydrogen (secondary N) is 1. The van der Waals surface area contributed by atoms with Crippen LogP contribution in [0.5, 0.6) is 0 Å². The molecule has 1 aliphatic heterocycles. The van der Waals surface area contributed by atoms with E-state index in [1.54, 1.807) is 0 Å². The number of β-amino-alcohol motifs (C(OH)–C–C–N with tert-alkyl or cyclic N) is 1. The Hall–Kier alpha value is -0.120. The molecule has 1 aliphatic rings. The molecule has 0 spiro atoms. The Bertz CT molecular complexity index is 201. The molecule has 1 heterocycles. The van der Waals surface area contributed by atoms with E-state index < -0.39 is 0 Å². The van der Waals surface area contributed by atoms with Crippen molar-refractivity contribution >= 4 is 0 Å². The summed E-state index contributed by atoms with van der Waals surface area (Å²) in [4.78, 5) is 2.44. The van der Waals surface area contributed by atoms with Crippen LogP contribution in [0.4, 0.5) is 0 Å². The summed E-state index contributed by atoms with van der Waals surface area (Å²) in [6.45, 7) is 11.3. The van der Waals surface area contributed by atoms with Crippen LogP contribution in [-0.2, 0) is 0 Å². The van der Waals surface area contributed by atoms with Crippen LogP contribution < -0.4 is 5.32 Å². The van der Waals surface area contributed by atoms with Crippen molar-refractivity contribution in [1.82, 2.24) is 10.2 Å². The molecule has 0 aromatic rings. The molecule has 3 heteroatoms. The van der Waals surface area contributed by atoms with Crippen LogP contribution in [0.3, 0.4) is 0 Å². The van der Waals surface area contributed by atoms with Gasteiger partial charge in [-0.2, -0.15) is 0 Å². The summed E-state index contributed by atoms with van der Waals surface area (Å²) in [5.41, 5.74) is 0.0934. The minimum absolute atomic E-state index is 0.0934. The lowest BCUT2D eigenvalue weighted by Crippen LogP contribution is -2.45. The third kappa shape index (κ3) is 4.81. The lowest BCUT2D eigenvalue weighted by molar-refractivity contribution is 0.0980. The third-order valence-electron chi connectivity index (χ3n) is 3.28. The summed E-state index contributed by atoms with van der Waals surface area (Å²) < 4.78 is 0. The van der Waals surface area contributed by atoms with Crippen LogP contribution >= 0.6 is 0 Å². The molecule has 0 aromatic carbocycles. The van der Waals surface area contributed by atoms with Gasteiger partial charge in [0.1, 0.15) is 0 Å². The largest absolute Gasteiger partial charge is 0.390 e. The smallest absolute Gasteiger partial charge is 0.0791 e. The lowest BCUT2D eigenvalue weighted by Gasteiger charge is -2.28. The molecule has 0 bridgehead atoms. The van der Waals surface area contributed by atoms with E-state index in [1.165, 1.54) is 19.3 Å². The first-order valence-electron chi connectivity index (χ1n) is 6.59. The Balaban J connectivity index is 2.25. The van der Waals surface area contributed by atoms with Crippen LogP contribution in [0.2, 0.25) is 0 Å². The third-order valence-corrected chi connectivity index (χ3v) is 3.28. The van der Waals surface area contributed by atoms with Gasteiger partial charge in [0.2, 0.25) is 0 Å². The number of rotatable bonds is 5. The van der Waals surface area contributed by atoms with E-state index in [0.717, 1.165) is 13.1 Å². The molecular weight excluding hydrogens is 200 g/mol. The van der Waals surface area contributed by atoms with Crippen molar-refractivity contribution in [2.24, 2.45) is 0 Å². The first-order valence-corrected chi connectivity index (χ1v) is 6.59. The molecule has 0 radical (unpaired) electrons. The zero-order valence-electron chi connectivity index (χ0n) is 11.3. The summed E-state index contributed by atoms with van der Waals surface area (Å²) >= 11 is 0. The van der Waals surface area contributed by atoms with Crippen molar-refractivity contribution in [2.45, 2.75) is 64.6 Å². The molecule has 2 atom stereocenters. The summed E-state index contributed by atoms with van der Waals surface area (Å²) in [5.74, 6) is 0. The fraction of sp³-hybridized carbons (Fsp3) is 1.00. The van der Waals surface area contributed by atoms with E-state index in [0.29, 0.717) is 12.6 Å². The number of hydrogen-bond donors (Lipinski definition) is 2. The SMILES string of the molecule is CCC1CCCN1CC(O)CNC(C)(C)C. The van der Waals surface area contributed by atoms with Crippen molar-refractivity contribution in [3.05, 3.63) is 0 Å². The highest BCUT2D eigenvalue weighted by Gasteiger charge is 2.24. The first-order chi connectivity index (χ1) is 7.42. The van der Waals surface area contributed by atoms with Gasteiger partial charge in [-0.15, -0.1) is 0 Å². The van der Waals surface area contributed by atoms with Gasteiger partial charge in [-0.05, 0) is 46.6 Å². The highest BCUT2D eigenvalue weighted by atomic mass is 16.3. The second kappa shape index (κ2) is 5.99. The van der Waals surface area contributed by atoms with Gasteiger partial charge in [0.25, 0.3) is 0 Å². The fourth-order valence-corrected chi connectivity index (χ4v) is 2.36. The van der Waals surface area contributed by atoms with Crippen LogP contribution in [0.1, 0.15) is 47.0 Å². The number of aliphatic hydroxyl groups excluding tert-OH is 1. The van der Waals surface area contributed by atoms with Crippen molar-refractivity contribution < 1.29 is 5.11 Å². The van der Waals surface area contributed by atoms with Gasteiger partial charge in [-0.1, -0.05) is 6.92 Å². The maximum absolute atomic E-state index is 9.98. The normalized spacial score (nSPS) is 24.9. The Morgan fingerprint density at radius 1 is 1.44 bits per heavy atom. The van der Waals surface area contributed by atoms with Crippen molar-refractivity contribution in [2.75, 3.05) is 19.6 Å². The van der Waals surface area contributed by atoms with Crippen molar-refractivity contribution in [3.63, 3.8) is 0 Å². The molecule has 1 fully saturated rings. The van der Waals surface area contributed by atoms with Gasteiger partial charge in [-0.3, -0.25) is 4.90 Å².